The molecular weight excluding hydrogens is 342 g/mol. The van der Waals surface area contributed by atoms with Crippen LogP contribution in [0.3, 0.4) is 0 Å². The first-order chi connectivity index (χ1) is 13.2. The Morgan fingerprint density at radius 1 is 1.15 bits per heavy atom. The fourth-order valence-corrected chi connectivity index (χ4v) is 3.20. The zero-order valence-corrected chi connectivity index (χ0v) is 16.0. The largest absolute Gasteiger partial charge is 0.450 e. The summed E-state index contributed by atoms with van der Waals surface area (Å²) < 4.78 is 5.09. The zero-order valence-electron chi connectivity index (χ0n) is 16.0. The first-order valence-corrected chi connectivity index (χ1v) is 9.50. The van der Waals surface area contributed by atoms with E-state index in [-0.39, 0.29) is 6.09 Å². The van der Waals surface area contributed by atoms with E-state index < -0.39 is 0 Å². The van der Waals surface area contributed by atoms with E-state index >= 15 is 0 Å². The topological polar surface area (TPSA) is 70.1 Å². The molecule has 7 nitrogen and oxygen atoms in total. The van der Waals surface area contributed by atoms with Crippen LogP contribution in [-0.4, -0.2) is 66.2 Å². The van der Waals surface area contributed by atoms with Gasteiger partial charge in [-0.05, 0) is 25.3 Å². The van der Waals surface area contributed by atoms with E-state index in [0.717, 1.165) is 36.7 Å². The van der Waals surface area contributed by atoms with E-state index in [1.54, 1.807) is 4.90 Å². The lowest BCUT2D eigenvalue weighted by Gasteiger charge is -2.35. The molecule has 1 fully saturated rings. The number of hydrogen-bond donors (Lipinski definition) is 1. The second kappa shape index (κ2) is 9.21. The molecule has 0 spiro atoms. The Morgan fingerprint density at radius 2 is 1.89 bits per heavy atom. The van der Waals surface area contributed by atoms with Crippen LogP contribution in [0.25, 0.3) is 10.8 Å². The summed E-state index contributed by atoms with van der Waals surface area (Å²) in [6.07, 6.45) is 1.59. The van der Waals surface area contributed by atoms with E-state index in [9.17, 15) is 4.79 Å². The van der Waals surface area contributed by atoms with E-state index in [0.29, 0.717) is 26.2 Å². The molecule has 1 aliphatic rings. The van der Waals surface area contributed by atoms with Gasteiger partial charge >= 0.3 is 6.09 Å². The van der Waals surface area contributed by atoms with Crippen molar-refractivity contribution in [2.45, 2.75) is 20.4 Å². The van der Waals surface area contributed by atoms with Gasteiger partial charge in [-0.25, -0.2) is 9.79 Å². The van der Waals surface area contributed by atoms with Crippen molar-refractivity contribution in [3.8, 4) is 0 Å². The van der Waals surface area contributed by atoms with Gasteiger partial charge in [0.05, 0.1) is 18.8 Å². The number of pyridine rings is 1. The molecule has 0 saturated carbocycles. The summed E-state index contributed by atoms with van der Waals surface area (Å²) in [5, 5.41) is 5.66. The van der Waals surface area contributed by atoms with Gasteiger partial charge in [0.15, 0.2) is 5.96 Å². The van der Waals surface area contributed by atoms with E-state index in [1.807, 2.05) is 31.3 Å². The third-order valence-corrected chi connectivity index (χ3v) is 4.57. The van der Waals surface area contributed by atoms with E-state index in [2.05, 4.69) is 34.3 Å². The first-order valence-electron chi connectivity index (χ1n) is 9.50. The molecule has 1 aromatic carbocycles. The highest BCUT2D eigenvalue weighted by molar-refractivity contribution is 5.85. The number of aliphatic imine (C=N–C) groups is 1. The molecule has 2 heterocycles. The highest BCUT2D eigenvalue weighted by atomic mass is 16.6. The van der Waals surface area contributed by atoms with Crippen LogP contribution in [0.2, 0.25) is 0 Å². The molecule has 0 radical (unpaired) electrons. The zero-order chi connectivity index (χ0) is 19.1. The molecular formula is C20H27N5O2. The van der Waals surface area contributed by atoms with Gasteiger partial charge < -0.3 is 19.9 Å². The van der Waals surface area contributed by atoms with Gasteiger partial charge in [-0.3, -0.25) is 4.98 Å². The average Bonchev–Trinajstić information content (AvgIpc) is 2.71. The van der Waals surface area contributed by atoms with Gasteiger partial charge in [0, 0.05) is 44.3 Å². The highest BCUT2D eigenvalue weighted by Crippen LogP contribution is 2.17. The summed E-state index contributed by atoms with van der Waals surface area (Å²) in [5.41, 5.74) is 0.966. The van der Waals surface area contributed by atoms with Crippen LogP contribution in [0, 0.1) is 0 Å². The monoisotopic (exact) mass is 369 g/mol. The molecule has 1 N–H and O–H groups in total. The van der Waals surface area contributed by atoms with Crippen molar-refractivity contribution >= 4 is 22.8 Å². The smallest absolute Gasteiger partial charge is 0.409 e. The predicted molar refractivity (Wildman–Crippen MR) is 107 cm³/mol. The molecule has 0 aliphatic carbocycles. The minimum absolute atomic E-state index is 0.237. The molecule has 0 bridgehead atoms. The minimum atomic E-state index is -0.237. The van der Waals surface area contributed by atoms with Crippen LogP contribution < -0.4 is 5.32 Å². The number of amides is 1. The molecule has 1 amide bonds. The van der Waals surface area contributed by atoms with Crippen LogP contribution in [-0.2, 0) is 11.3 Å². The number of nitrogens with zero attached hydrogens (tertiary/aromatic N) is 4. The number of ether oxygens (including phenoxy) is 1. The van der Waals surface area contributed by atoms with Crippen molar-refractivity contribution in [2.24, 2.45) is 4.99 Å². The molecule has 27 heavy (non-hydrogen) atoms. The highest BCUT2D eigenvalue weighted by Gasteiger charge is 2.23. The Labute approximate surface area is 160 Å². The minimum Gasteiger partial charge on any atom is -0.450 e. The van der Waals surface area contributed by atoms with E-state index in [1.165, 1.54) is 5.39 Å². The normalized spacial score (nSPS) is 15.1. The molecule has 7 heteroatoms. The van der Waals surface area contributed by atoms with Crippen LogP contribution in [0.1, 0.15) is 19.5 Å². The standard InChI is InChI=1S/C20H27N5O2/c1-3-21-19(24-11-13-25(14-12-24)20(26)27-4-2)23-15-18-17-8-6-5-7-16(17)9-10-22-18/h5-10H,3-4,11-15H2,1-2H3,(H,21,23). The molecule has 1 aliphatic heterocycles. The fourth-order valence-electron chi connectivity index (χ4n) is 3.20. The molecule has 0 atom stereocenters. The van der Waals surface area contributed by atoms with Crippen LogP contribution in [0.15, 0.2) is 41.5 Å². The number of guanidine groups is 1. The van der Waals surface area contributed by atoms with Crippen LogP contribution >= 0.6 is 0 Å². The second-order valence-corrected chi connectivity index (χ2v) is 6.32. The van der Waals surface area contributed by atoms with Crippen molar-refractivity contribution in [3.05, 3.63) is 42.2 Å². The Hall–Kier alpha value is -2.83. The summed E-state index contributed by atoms with van der Waals surface area (Å²) in [6.45, 7) is 8.32. The number of carbonyl (C=O) groups is 1. The van der Waals surface area contributed by atoms with Gasteiger partial charge in [0.1, 0.15) is 0 Å². The number of nitrogens with one attached hydrogen (secondary N) is 1. The van der Waals surface area contributed by atoms with Crippen molar-refractivity contribution in [1.29, 1.82) is 0 Å². The Kier molecular flexibility index (Phi) is 6.46. The third kappa shape index (κ3) is 4.67. The van der Waals surface area contributed by atoms with Crippen molar-refractivity contribution in [3.63, 3.8) is 0 Å². The molecule has 0 unspecified atom stereocenters. The summed E-state index contributed by atoms with van der Waals surface area (Å²) >= 11 is 0. The average molecular weight is 369 g/mol. The van der Waals surface area contributed by atoms with Crippen molar-refractivity contribution in [2.75, 3.05) is 39.3 Å². The molecule has 1 saturated heterocycles. The SMILES string of the molecule is CCNC(=NCc1nccc2ccccc12)N1CCN(C(=O)OCC)CC1. The first kappa shape index (κ1) is 18.9. The molecule has 1 aromatic heterocycles. The summed E-state index contributed by atoms with van der Waals surface area (Å²) in [6, 6.07) is 10.2. The van der Waals surface area contributed by atoms with Gasteiger partial charge in [-0.15, -0.1) is 0 Å². The van der Waals surface area contributed by atoms with Gasteiger partial charge in [0.2, 0.25) is 0 Å². The molecule has 144 valence electrons. The molecule has 2 aromatic rings. The summed E-state index contributed by atoms with van der Waals surface area (Å²) in [4.78, 5) is 25.1. The lowest BCUT2D eigenvalue weighted by molar-refractivity contribution is 0.0914. The lowest BCUT2D eigenvalue weighted by atomic mass is 10.1. The third-order valence-electron chi connectivity index (χ3n) is 4.57. The van der Waals surface area contributed by atoms with Crippen LogP contribution in [0.4, 0.5) is 4.79 Å². The summed E-state index contributed by atoms with van der Waals surface area (Å²) in [7, 11) is 0. The van der Waals surface area contributed by atoms with Crippen LogP contribution in [0.5, 0.6) is 0 Å². The summed E-state index contributed by atoms with van der Waals surface area (Å²) in [5.74, 6) is 0.857. The fraction of sp³-hybridized carbons (Fsp3) is 0.450. The molecule has 3 rings (SSSR count). The van der Waals surface area contributed by atoms with Crippen molar-refractivity contribution < 1.29 is 9.53 Å². The quantitative estimate of drug-likeness (QED) is 0.662. The predicted octanol–water partition coefficient (Wildman–Crippen LogP) is 2.47. The number of carbonyl (C=O) groups excluding carboxylic acids is 1. The number of hydrogen-bond acceptors (Lipinski definition) is 4. The lowest BCUT2D eigenvalue weighted by Crippen LogP contribution is -2.53. The Bertz CT molecular complexity index is 795. The second-order valence-electron chi connectivity index (χ2n) is 6.32. The number of fused-ring (bicyclic) bond motifs is 1. The maximum atomic E-state index is 11.9. The number of benzene rings is 1. The number of piperazine rings is 1. The number of rotatable bonds is 4. The van der Waals surface area contributed by atoms with Gasteiger partial charge in [-0.2, -0.15) is 0 Å². The maximum Gasteiger partial charge on any atom is 0.409 e. The van der Waals surface area contributed by atoms with Gasteiger partial charge in [-0.1, -0.05) is 24.3 Å². The van der Waals surface area contributed by atoms with Gasteiger partial charge in [0.25, 0.3) is 0 Å². The van der Waals surface area contributed by atoms with Crippen molar-refractivity contribution in [1.82, 2.24) is 20.1 Å². The number of aromatic nitrogens is 1. The maximum absolute atomic E-state index is 11.9. The Morgan fingerprint density at radius 3 is 2.63 bits per heavy atom. The Balaban J connectivity index is 1.69. The van der Waals surface area contributed by atoms with E-state index in [4.69, 9.17) is 9.73 Å².